The first-order valence-corrected chi connectivity index (χ1v) is 8.02. The molecule has 5 nitrogen and oxygen atoms in total. The van der Waals surface area contributed by atoms with Crippen molar-refractivity contribution in [2.24, 2.45) is 0 Å². The van der Waals surface area contributed by atoms with E-state index in [2.05, 4.69) is 0 Å². The van der Waals surface area contributed by atoms with Crippen molar-refractivity contribution in [3.05, 3.63) is 34.9 Å². The van der Waals surface area contributed by atoms with E-state index in [-0.39, 0.29) is 17.7 Å². The number of aliphatic hydroxyl groups is 1. The van der Waals surface area contributed by atoms with E-state index in [1.807, 2.05) is 13.8 Å². The van der Waals surface area contributed by atoms with Crippen LogP contribution >= 0.6 is 0 Å². The Morgan fingerprint density at radius 1 is 1.22 bits per heavy atom. The molecule has 1 atom stereocenters. The molecule has 1 aromatic rings. The van der Waals surface area contributed by atoms with Crippen LogP contribution in [0.1, 0.15) is 65.8 Å². The van der Waals surface area contributed by atoms with E-state index < -0.39 is 17.9 Å². The van der Waals surface area contributed by atoms with Crippen LogP contribution in [0.3, 0.4) is 0 Å². The zero-order valence-corrected chi connectivity index (χ0v) is 13.7. The lowest BCUT2D eigenvalue weighted by atomic mass is 9.94. The van der Waals surface area contributed by atoms with Gasteiger partial charge >= 0.3 is 5.97 Å². The Morgan fingerprint density at radius 3 is 2.52 bits per heavy atom. The average Bonchev–Trinajstić information content (AvgIpc) is 2.58. The van der Waals surface area contributed by atoms with Crippen molar-refractivity contribution >= 4 is 18.0 Å². The van der Waals surface area contributed by atoms with Gasteiger partial charge in [-0.2, -0.15) is 0 Å². The molecule has 1 N–H and O–H groups in total. The average molecular weight is 320 g/mol. The molecule has 0 aliphatic carbocycles. The molecule has 0 amide bonds. The Labute approximate surface area is 136 Å². The smallest absolute Gasteiger partial charge is 0.343 e. The molecule has 5 heteroatoms. The number of aliphatic hydroxyl groups excluding tert-OH is 1. The first-order valence-electron chi connectivity index (χ1n) is 8.02. The molecular formula is C18H24O5. The third-order valence-corrected chi connectivity index (χ3v) is 3.59. The molecule has 0 spiro atoms. The zero-order chi connectivity index (χ0) is 17.2. The van der Waals surface area contributed by atoms with Crippen molar-refractivity contribution in [2.45, 2.75) is 52.1 Å². The Morgan fingerprint density at radius 2 is 1.91 bits per heavy atom. The van der Waals surface area contributed by atoms with Crippen molar-refractivity contribution in [1.29, 1.82) is 0 Å². The van der Waals surface area contributed by atoms with Gasteiger partial charge < -0.3 is 9.84 Å². The number of aldehydes is 1. The number of aryl methyl sites for hydroxylation is 1. The van der Waals surface area contributed by atoms with E-state index in [9.17, 15) is 19.5 Å². The van der Waals surface area contributed by atoms with Gasteiger partial charge in [-0.25, -0.2) is 4.79 Å². The second kappa shape index (κ2) is 9.90. The number of ether oxygens (including phenoxy) is 1. The van der Waals surface area contributed by atoms with Gasteiger partial charge in [-0.1, -0.05) is 44.9 Å². The number of hydrogen-bond acceptors (Lipinski definition) is 5. The van der Waals surface area contributed by atoms with Crippen LogP contribution in [0.4, 0.5) is 0 Å². The van der Waals surface area contributed by atoms with Crippen molar-refractivity contribution in [2.75, 3.05) is 6.61 Å². The van der Waals surface area contributed by atoms with Gasteiger partial charge in [0, 0.05) is 11.1 Å². The second-order valence-electron chi connectivity index (χ2n) is 5.39. The van der Waals surface area contributed by atoms with Crippen molar-refractivity contribution < 1.29 is 24.2 Å². The van der Waals surface area contributed by atoms with Gasteiger partial charge in [-0.05, 0) is 24.8 Å². The summed E-state index contributed by atoms with van der Waals surface area (Å²) < 4.78 is 4.86. The highest BCUT2D eigenvalue weighted by atomic mass is 16.5. The van der Waals surface area contributed by atoms with E-state index in [0.717, 1.165) is 24.8 Å². The van der Waals surface area contributed by atoms with Gasteiger partial charge in [0.05, 0.1) is 6.61 Å². The minimum absolute atomic E-state index is 0.0635. The van der Waals surface area contributed by atoms with Crippen LogP contribution in [0.15, 0.2) is 18.2 Å². The van der Waals surface area contributed by atoms with Crippen molar-refractivity contribution in [3.63, 3.8) is 0 Å². The van der Waals surface area contributed by atoms with Crippen LogP contribution in [0.25, 0.3) is 0 Å². The van der Waals surface area contributed by atoms with Gasteiger partial charge in [0.2, 0.25) is 11.9 Å². The van der Waals surface area contributed by atoms with Crippen LogP contribution in [0.5, 0.6) is 0 Å². The normalized spacial score (nSPS) is 11.8. The third-order valence-electron chi connectivity index (χ3n) is 3.59. The minimum Gasteiger partial charge on any atom is -0.463 e. The van der Waals surface area contributed by atoms with E-state index in [0.29, 0.717) is 19.1 Å². The molecular weight excluding hydrogens is 296 g/mol. The fraction of sp³-hybridized carbons (Fsp3) is 0.500. The largest absolute Gasteiger partial charge is 0.463 e. The Kier molecular flexibility index (Phi) is 8.19. The molecule has 0 saturated heterocycles. The molecule has 1 unspecified atom stereocenters. The lowest BCUT2D eigenvalue weighted by molar-refractivity contribution is -0.150. The minimum atomic E-state index is -1.90. The van der Waals surface area contributed by atoms with Crippen LogP contribution in [0, 0.1) is 0 Å². The quantitative estimate of drug-likeness (QED) is 0.236. The molecule has 0 heterocycles. The van der Waals surface area contributed by atoms with Crippen molar-refractivity contribution in [1.82, 2.24) is 0 Å². The SMILES string of the molecule is CCCCOC(=O)C(O)C(=O)c1cccc(CCCC)c1C=O. The predicted molar refractivity (Wildman–Crippen MR) is 86.6 cm³/mol. The van der Waals surface area contributed by atoms with Crippen LogP contribution in [-0.2, 0) is 16.0 Å². The molecule has 0 saturated carbocycles. The summed E-state index contributed by atoms with van der Waals surface area (Å²) in [5.74, 6) is -1.77. The molecule has 0 aliphatic rings. The number of carbonyl (C=O) groups excluding carboxylic acids is 3. The number of carbonyl (C=O) groups is 3. The molecule has 0 aromatic heterocycles. The fourth-order valence-electron chi connectivity index (χ4n) is 2.20. The summed E-state index contributed by atoms with van der Waals surface area (Å²) in [7, 11) is 0. The highest BCUT2D eigenvalue weighted by Gasteiger charge is 2.28. The number of rotatable bonds is 10. The number of ketones is 1. The van der Waals surface area contributed by atoms with E-state index in [4.69, 9.17) is 4.74 Å². The summed E-state index contributed by atoms with van der Waals surface area (Å²) >= 11 is 0. The first kappa shape index (κ1) is 19.0. The number of esters is 1. The summed E-state index contributed by atoms with van der Waals surface area (Å²) in [6, 6.07) is 4.88. The molecule has 1 rings (SSSR count). The summed E-state index contributed by atoms with van der Waals surface area (Å²) in [6.45, 7) is 4.13. The molecule has 0 bridgehead atoms. The maximum Gasteiger partial charge on any atom is 0.343 e. The highest BCUT2D eigenvalue weighted by Crippen LogP contribution is 2.18. The number of benzene rings is 1. The molecule has 126 valence electrons. The number of Topliss-reactive ketones (excluding diaryl/α,β-unsaturated/α-hetero) is 1. The van der Waals surface area contributed by atoms with Gasteiger partial charge in [0.1, 0.15) is 0 Å². The molecule has 0 aliphatic heterocycles. The van der Waals surface area contributed by atoms with E-state index in [1.165, 1.54) is 6.07 Å². The van der Waals surface area contributed by atoms with E-state index in [1.54, 1.807) is 12.1 Å². The Hall–Kier alpha value is -2.01. The molecule has 0 radical (unpaired) electrons. The monoisotopic (exact) mass is 320 g/mol. The molecule has 23 heavy (non-hydrogen) atoms. The molecule has 1 aromatic carbocycles. The standard InChI is InChI=1S/C18H24O5/c1-3-5-8-13-9-7-10-14(15(13)12-19)16(20)17(21)18(22)23-11-6-4-2/h7,9-10,12,17,21H,3-6,8,11H2,1-2H3. The maximum absolute atomic E-state index is 12.3. The van der Waals surface area contributed by atoms with Gasteiger partial charge in [0.15, 0.2) is 6.29 Å². The second-order valence-corrected chi connectivity index (χ2v) is 5.39. The Bertz CT molecular complexity index is 550. The summed E-state index contributed by atoms with van der Waals surface area (Å²) in [6.07, 6.45) is 2.73. The summed E-state index contributed by atoms with van der Waals surface area (Å²) in [5, 5.41) is 9.89. The molecule has 0 fully saturated rings. The summed E-state index contributed by atoms with van der Waals surface area (Å²) in [5.41, 5.74) is 1.05. The highest BCUT2D eigenvalue weighted by molar-refractivity contribution is 6.14. The number of hydrogen-bond donors (Lipinski definition) is 1. The first-order chi connectivity index (χ1) is 11.1. The number of unbranched alkanes of at least 4 members (excludes halogenated alkanes) is 2. The van der Waals surface area contributed by atoms with Crippen LogP contribution in [-0.4, -0.2) is 35.9 Å². The van der Waals surface area contributed by atoms with Gasteiger partial charge in [0.25, 0.3) is 0 Å². The van der Waals surface area contributed by atoms with Crippen LogP contribution < -0.4 is 0 Å². The van der Waals surface area contributed by atoms with Gasteiger partial charge in [-0.15, -0.1) is 0 Å². The lowest BCUT2D eigenvalue weighted by Crippen LogP contribution is -2.32. The van der Waals surface area contributed by atoms with Crippen LogP contribution in [0.2, 0.25) is 0 Å². The zero-order valence-electron chi connectivity index (χ0n) is 13.7. The fourth-order valence-corrected chi connectivity index (χ4v) is 2.20. The van der Waals surface area contributed by atoms with Gasteiger partial charge in [-0.3, -0.25) is 9.59 Å². The summed E-state index contributed by atoms with van der Waals surface area (Å²) in [4.78, 5) is 35.4. The maximum atomic E-state index is 12.3. The third kappa shape index (κ3) is 5.28. The topological polar surface area (TPSA) is 80.7 Å². The van der Waals surface area contributed by atoms with E-state index >= 15 is 0 Å². The predicted octanol–water partition coefficient (Wildman–Crippen LogP) is 2.73. The lowest BCUT2D eigenvalue weighted by Gasteiger charge is -2.13. The van der Waals surface area contributed by atoms with Crippen molar-refractivity contribution in [3.8, 4) is 0 Å². The Balaban J connectivity index is 2.93.